The minimum Gasteiger partial charge on any atom is -0.471 e. The first kappa shape index (κ1) is 9.36. The van der Waals surface area contributed by atoms with Crippen LogP contribution in [0.2, 0.25) is 0 Å². The predicted octanol–water partition coefficient (Wildman–Crippen LogP) is 4.07. The summed E-state index contributed by atoms with van der Waals surface area (Å²) in [6, 6.07) is 10.2. The molecule has 1 aromatic carbocycles. The Bertz CT molecular complexity index is 569. The molecule has 0 bridgehead atoms. The lowest BCUT2D eigenvalue weighted by molar-refractivity contribution is 0.569. The zero-order chi connectivity index (χ0) is 10.8. The van der Waals surface area contributed by atoms with Crippen LogP contribution in [0.1, 0.15) is 0 Å². The smallest absolute Gasteiger partial charge is 0.127 e. The second-order valence-electron chi connectivity index (χ2n) is 3.40. The van der Waals surface area contributed by atoms with Crippen molar-refractivity contribution in [3.63, 3.8) is 0 Å². The van der Waals surface area contributed by atoms with Gasteiger partial charge in [-0.1, -0.05) is 30.3 Å². The van der Waals surface area contributed by atoms with Crippen LogP contribution in [0.3, 0.4) is 0 Å². The molecule has 0 fully saturated rings. The number of benzene rings is 1. The Hall–Kier alpha value is -1.87. The van der Waals surface area contributed by atoms with Crippen LogP contribution in [-0.4, -0.2) is 4.98 Å². The number of aromatic nitrogens is 1. The molecule has 0 atom stereocenters. The average Bonchev–Trinajstić information content (AvgIpc) is 3.01. The van der Waals surface area contributed by atoms with Crippen molar-refractivity contribution in [2.75, 3.05) is 0 Å². The van der Waals surface area contributed by atoms with Gasteiger partial charge in [-0.3, -0.25) is 0 Å². The first-order valence-corrected chi connectivity index (χ1v) is 5.84. The summed E-state index contributed by atoms with van der Waals surface area (Å²) in [6.07, 6.45) is 5.33. The molecule has 2 nitrogen and oxygen atoms in total. The van der Waals surface area contributed by atoms with Crippen LogP contribution in [-0.2, 0) is 0 Å². The predicted molar refractivity (Wildman–Crippen MR) is 65.3 cm³/mol. The van der Waals surface area contributed by atoms with Gasteiger partial charge in [0.15, 0.2) is 0 Å². The van der Waals surface area contributed by atoms with Crippen molar-refractivity contribution < 1.29 is 4.42 Å². The molecular formula is C13H9NOS. The first-order chi connectivity index (χ1) is 7.95. The molecule has 0 aliphatic rings. The van der Waals surface area contributed by atoms with Crippen molar-refractivity contribution in [3.05, 3.63) is 54.4 Å². The summed E-state index contributed by atoms with van der Waals surface area (Å²) in [7, 11) is 0. The van der Waals surface area contributed by atoms with Gasteiger partial charge in [0.05, 0.1) is 11.8 Å². The van der Waals surface area contributed by atoms with Crippen molar-refractivity contribution in [3.8, 4) is 21.7 Å². The Labute approximate surface area is 97.2 Å². The van der Waals surface area contributed by atoms with Gasteiger partial charge in [0.1, 0.15) is 11.3 Å². The second-order valence-corrected chi connectivity index (χ2v) is 4.30. The fraction of sp³-hybridized carbons (Fsp3) is 0. The molecule has 3 aromatic rings. The van der Waals surface area contributed by atoms with E-state index >= 15 is 0 Å². The molecule has 2 aromatic heterocycles. The van der Waals surface area contributed by atoms with E-state index in [4.69, 9.17) is 4.42 Å². The number of hydrogen-bond acceptors (Lipinski definition) is 3. The van der Waals surface area contributed by atoms with E-state index < -0.39 is 0 Å². The third-order valence-electron chi connectivity index (χ3n) is 2.41. The van der Waals surface area contributed by atoms with E-state index in [0.717, 1.165) is 21.7 Å². The van der Waals surface area contributed by atoms with E-state index in [2.05, 4.69) is 17.1 Å². The fourth-order valence-electron chi connectivity index (χ4n) is 1.66. The number of hydrogen-bond donors (Lipinski definition) is 0. The molecule has 3 rings (SSSR count). The Morgan fingerprint density at radius 2 is 1.81 bits per heavy atom. The van der Waals surface area contributed by atoms with Gasteiger partial charge in [-0.15, -0.1) is 11.3 Å². The highest BCUT2D eigenvalue weighted by atomic mass is 32.1. The van der Waals surface area contributed by atoms with Crippen LogP contribution < -0.4 is 0 Å². The normalized spacial score (nSPS) is 10.5. The highest BCUT2D eigenvalue weighted by molar-refractivity contribution is 7.13. The zero-order valence-corrected chi connectivity index (χ0v) is 9.28. The van der Waals surface area contributed by atoms with Crippen LogP contribution in [0.5, 0.6) is 0 Å². The molecule has 0 aliphatic heterocycles. The van der Waals surface area contributed by atoms with Crippen LogP contribution >= 0.6 is 11.3 Å². The third-order valence-corrected chi connectivity index (χ3v) is 3.22. The van der Waals surface area contributed by atoms with Crippen LogP contribution in [0, 0.1) is 0 Å². The molecule has 0 saturated carbocycles. The molecule has 0 unspecified atom stereocenters. The Balaban J connectivity index is 2.14. The van der Waals surface area contributed by atoms with E-state index in [1.165, 1.54) is 0 Å². The maximum atomic E-state index is 5.29. The maximum absolute atomic E-state index is 5.29. The molecule has 0 N–H and O–H groups in total. The molecule has 16 heavy (non-hydrogen) atoms. The molecule has 78 valence electrons. The van der Waals surface area contributed by atoms with Gasteiger partial charge in [0.25, 0.3) is 0 Å². The largest absolute Gasteiger partial charge is 0.471 e. The molecule has 3 heteroatoms. The summed E-state index contributed by atoms with van der Waals surface area (Å²) < 4.78 is 5.29. The van der Waals surface area contributed by atoms with Crippen LogP contribution in [0.4, 0.5) is 0 Å². The average molecular weight is 227 g/mol. The monoisotopic (exact) mass is 227 g/mol. The van der Waals surface area contributed by atoms with Crippen molar-refractivity contribution >= 4 is 11.3 Å². The lowest BCUT2D eigenvalue weighted by Gasteiger charge is -1.99. The summed E-state index contributed by atoms with van der Waals surface area (Å²) in [5, 5.41) is 2.96. The van der Waals surface area contributed by atoms with E-state index in [9.17, 15) is 0 Å². The third kappa shape index (κ3) is 1.55. The molecule has 0 saturated heterocycles. The Kier molecular flexibility index (Phi) is 2.31. The fourth-order valence-corrected chi connectivity index (χ4v) is 2.32. The van der Waals surface area contributed by atoms with Gasteiger partial charge in [0, 0.05) is 17.1 Å². The summed E-state index contributed by atoms with van der Waals surface area (Å²) in [5.41, 5.74) is 3.30. The van der Waals surface area contributed by atoms with Gasteiger partial charge < -0.3 is 4.42 Å². The molecule has 0 aliphatic carbocycles. The molecule has 2 heterocycles. The highest BCUT2D eigenvalue weighted by Crippen LogP contribution is 2.33. The first-order valence-electron chi connectivity index (χ1n) is 4.96. The lowest BCUT2D eigenvalue weighted by atomic mass is 10.1. The van der Waals surface area contributed by atoms with Gasteiger partial charge in [-0.2, -0.15) is 0 Å². The Morgan fingerprint density at radius 3 is 2.56 bits per heavy atom. The standard InChI is InChI=1S/C13H9NOS/c1-2-4-10(5-3-1)11-8-15-9-12(11)13-14-6-7-16-13/h1-9H. The van der Waals surface area contributed by atoms with E-state index in [1.54, 1.807) is 23.9 Å². The summed E-state index contributed by atoms with van der Waals surface area (Å²) >= 11 is 1.62. The number of rotatable bonds is 2. The van der Waals surface area contributed by atoms with E-state index in [-0.39, 0.29) is 0 Å². The van der Waals surface area contributed by atoms with E-state index in [1.807, 2.05) is 29.8 Å². The minimum absolute atomic E-state index is 0.993. The maximum Gasteiger partial charge on any atom is 0.127 e. The van der Waals surface area contributed by atoms with Gasteiger partial charge in [-0.25, -0.2) is 4.98 Å². The van der Waals surface area contributed by atoms with Crippen LogP contribution in [0.25, 0.3) is 21.7 Å². The molecule has 0 spiro atoms. The van der Waals surface area contributed by atoms with Gasteiger partial charge in [-0.05, 0) is 5.56 Å². The highest BCUT2D eigenvalue weighted by Gasteiger charge is 2.11. The van der Waals surface area contributed by atoms with Crippen LogP contribution in [0.15, 0.2) is 58.9 Å². The lowest BCUT2D eigenvalue weighted by Crippen LogP contribution is -1.77. The molecule has 0 radical (unpaired) electrons. The topological polar surface area (TPSA) is 26.0 Å². The van der Waals surface area contributed by atoms with Crippen molar-refractivity contribution in [1.29, 1.82) is 0 Å². The number of thiazole rings is 1. The minimum atomic E-state index is 0.993. The Morgan fingerprint density at radius 1 is 1.00 bits per heavy atom. The van der Waals surface area contributed by atoms with Crippen molar-refractivity contribution in [2.24, 2.45) is 0 Å². The molecular weight excluding hydrogens is 218 g/mol. The number of furan rings is 1. The van der Waals surface area contributed by atoms with E-state index in [0.29, 0.717) is 0 Å². The summed E-state index contributed by atoms with van der Waals surface area (Å²) in [4.78, 5) is 4.30. The number of nitrogens with zero attached hydrogens (tertiary/aromatic N) is 1. The van der Waals surface area contributed by atoms with Crippen molar-refractivity contribution in [2.45, 2.75) is 0 Å². The zero-order valence-electron chi connectivity index (χ0n) is 8.46. The molecule has 0 amide bonds. The quantitative estimate of drug-likeness (QED) is 0.659. The summed E-state index contributed by atoms with van der Waals surface area (Å²) in [6.45, 7) is 0. The van der Waals surface area contributed by atoms with Crippen molar-refractivity contribution in [1.82, 2.24) is 4.98 Å². The van der Waals surface area contributed by atoms with Gasteiger partial charge >= 0.3 is 0 Å². The van der Waals surface area contributed by atoms with Gasteiger partial charge in [0.2, 0.25) is 0 Å². The summed E-state index contributed by atoms with van der Waals surface area (Å²) in [5.74, 6) is 0. The SMILES string of the molecule is c1ccc(-c2cocc2-c2nccs2)cc1. The second kappa shape index (κ2) is 3.94.